The zero-order chi connectivity index (χ0) is 24.3. The van der Waals surface area contributed by atoms with Gasteiger partial charge in [0.2, 0.25) is 0 Å². The van der Waals surface area contributed by atoms with E-state index >= 15 is 0 Å². The molecular weight excluding hydrogens is 437 g/mol. The first kappa shape index (κ1) is 24.0. The lowest BCUT2D eigenvalue weighted by Crippen LogP contribution is -2.41. The monoisotopic (exact) mass is 469 g/mol. The van der Waals surface area contributed by atoms with Gasteiger partial charge in [-0.1, -0.05) is 32.9 Å². The molecule has 0 bridgehead atoms. The maximum atomic E-state index is 13.4. The van der Waals surface area contributed by atoms with Crippen molar-refractivity contribution in [1.29, 1.82) is 0 Å². The molecule has 0 radical (unpaired) electrons. The fourth-order valence-electron chi connectivity index (χ4n) is 4.02. The van der Waals surface area contributed by atoms with Crippen LogP contribution in [0.2, 0.25) is 0 Å². The Morgan fingerprint density at radius 2 is 1.82 bits per heavy atom. The van der Waals surface area contributed by atoms with E-state index in [2.05, 4.69) is 26.8 Å². The summed E-state index contributed by atoms with van der Waals surface area (Å²) in [6.07, 6.45) is 0. The van der Waals surface area contributed by atoms with Crippen molar-refractivity contribution in [3.63, 3.8) is 0 Å². The molecule has 0 spiro atoms. The summed E-state index contributed by atoms with van der Waals surface area (Å²) in [7, 11) is -0.625. The molecule has 3 heterocycles. The second kappa shape index (κ2) is 7.96. The second-order valence-electron chi connectivity index (χ2n) is 10.8. The van der Waals surface area contributed by atoms with Gasteiger partial charge in [-0.15, -0.1) is 11.3 Å². The van der Waals surface area contributed by atoms with Gasteiger partial charge in [0.1, 0.15) is 6.61 Å². The second-order valence-corrected chi connectivity index (χ2v) is 11.9. The van der Waals surface area contributed by atoms with Gasteiger partial charge >= 0.3 is 13.1 Å². The number of carbonyl (C=O) groups is 2. The lowest BCUT2D eigenvalue weighted by atomic mass is 9.75. The number of thiophene rings is 1. The third-order valence-electron chi connectivity index (χ3n) is 6.72. The number of nitrogens with zero attached hydrogens (tertiary/aromatic N) is 1. The summed E-state index contributed by atoms with van der Waals surface area (Å²) in [5, 5.41) is 0. The van der Waals surface area contributed by atoms with E-state index in [0.29, 0.717) is 12.2 Å². The molecule has 2 aromatic rings. The zero-order valence-electron chi connectivity index (χ0n) is 20.7. The summed E-state index contributed by atoms with van der Waals surface area (Å²) < 4.78 is 18.0. The van der Waals surface area contributed by atoms with Crippen molar-refractivity contribution in [3.8, 4) is 0 Å². The van der Waals surface area contributed by atoms with Gasteiger partial charge in [-0.05, 0) is 56.3 Å². The van der Waals surface area contributed by atoms with Gasteiger partial charge in [0.05, 0.1) is 28.3 Å². The fraction of sp³-hybridized carbons (Fsp3) is 0.520. The lowest BCUT2D eigenvalue weighted by Gasteiger charge is -2.32. The molecule has 1 fully saturated rings. The van der Waals surface area contributed by atoms with Gasteiger partial charge in [0.25, 0.3) is 5.91 Å². The molecule has 2 aliphatic heterocycles. The topological polar surface area (TPSA) is 65.1 Å². The molecule has 1 aromatic carbocycles. The molecule has 0 saturated carbocycles. The Bertz CT molecular complexity index is 1100. The highest BCUT2D eigenvalue weighted by molar-refractivity contribution is 7.14. The standard InChI is InChI=1S/C25H32BNO5S/c1-15(28)30-14-17-18(26-31-24(5,6)25(7,8)32-26)10-9-11-19(17)27-13-16-12-20(23(2,3)4)33-21(16)22(27)29/h9-12H,13-14H2,1-8H3. The van der Waals surface area contributed by atoms with E-state index in [-0.39, 0.29) is 23.9 Å². The Kier molecular flexibility index (Phi) is 5.79. The highest BCUT2D eigenvalue weighted by atomic mass is 32.1. The molecule has 1 amide bonds. The van der Waals surface area contributed by atoms with Crippen LogP contribution in [0.1, 0.15) is 81.1 Å². The molecule has 8 heteroatoms. The van der Waals surface area contributed by atoms with Crippen LogP contribution in [0.3, 0.4) is 0 Å². The van der Waals surface area contributed by atoms with Crippen molar-refractivity contribution in [3.05, 3.63) is 45.1 Å². The Labute approximate surface area is 200 Å². The molecule has 4 rings (SSSR count). The number of carbonyl (C=O) groups excluding carboxylic acids is 2. The third-order valence-corrected chi connectivity index (χ3v) is 8.31. The Morgan fingerprint density at radius 1 is 1.18 bits per heavy atom. The molecule has 2 aliphatic rings. The Morgan fingerprint density at radius 3 is 2.36 bits per heavy atom. The van der Waals surface area contributed by atoms with Crippen molar-refractivity contribution >= 4 is 41.5 Å². The van der Waals surface area contributed by atoms with E-state index in [1.807, 2.05) is 45.9 Å². The molecule has 0 unspecified atom stereocenters. The number of esters is 1. The van der Waals surface area contributed by atoms with Crippen LogP contribution in [0.15, 0.2) is 24.3 Å². The maximum Gasteiger partial charge on any atom is 0.495 e. The largest absolute Gasteiger partial charge is 0.495 e. The molecule has 176 valence electrons. The van der Waals surface area contributed by atoms with E-state index in [4.69, 9.17) is 14.0 Å². The van der Waals surface area contributed by atoms with Crippen LogP contribution in [0.5, 0.6) is 0 Å². The van der Waals surface area contributed by atoms with Crippen LogP contribution in [0.4, 0.5) is 5.69 Å². The van der Waals surface area contributed by atoms with E-state index < -0.39 is 18.3 Å². The highest BCUT2D eigenvalue weighted by Crippen LogP contribution is 2.41. The van der Waals surface area contributed by atoms with Crippen molar-refractivity contribution in [2.75, 3.05) is 4.90 Å². The van der Waals surface area contributed by atoms with Crippen LogP contribution in [0, 0.1) is 0 Å². The third kappa shape index (κ3) is 4.24. The molecule has 0 aliphatic carbocycles. The molecular formula is C25H32BNO5S. The minimum Gasteiger partial charge on any atom is -0.461 e. The van der Waals surface area contributed by atoms with E-state index in [0.717, 1.165) is 21.5 Å². The number of hydrogen-bond donors (Lipinski definition) is 0. The molecule has 1 saturated heterocycles. The maximum absolute atomic E-state index is 13.4. The van der Waals surface area contributed by atoms with Gasteiger partial charge in [-0.25, -0.2) is 0 Å². The van der Waals surface area contributed by atoms with Gasteiger partial charge in [-0.2, -0.15) is 0 Å². The molecule has 0 atom stereocenters. The average Bonchev–Trinajstić information content (AvgIpc) is 3.30. The van der Waals surface area contributed by atoms with Gasteiger partial charge in [0.15, 0.2) is 0 Å². The first-order chi connectivity index (χ1) is 15.2. The Hall–Kier alpha value is -2.16. The van der Waals surface area contributed by atoms with Crippen molar-refractivity contribution < 1.29 is 23.6 Å². The van der Waals surface area contributed by atoms with Crippen molar-refractivity contribution in [1.82, 2.24) is 0 Å². The number of benzene rings is 1. The molecule has 0 N–H and O–H groups in total. The van der Waals surface area contributed by atoms with Crippen molar-refractivity contribution in [2.45, 2.75) is 85.2 Å². The van der Waals surface area contributed by atoms with Crippen LogP contribution in [0.25, 0.3) is 0 Å². The quantitative estimate of drug-likeness (QED) is 0.485. The van der Waals surface area contributed by atoms with Crippen LogP contribution in [-0.2, 0) is 37.4 Å². The SMILES string of the molecule is CC(=O)OCc1c(B2OC(C)(C)C(C)(C)O2)cccc1N1Cc2cc(C(C)(C)C)sc2C1=O. The van der Waals surface area contributed by atoms with Crippen LogP contribution < -0.4 is 10.4 Å². The summed E-state index contributed by atoms with van der Waals surface area (Å²) in [5.41, 5.74) is 2.23. The first-order valence-corrected chi connectivity index (χ1v) is 12.1. The summed E-state index contributed by atoms with van der Waals surface area (Å²) in [5.74, 6) is -0.410. The molecule has 1 aromatic heterocycles. The molecule has 6 nitrogen and oxygen atoms in total. The number of ether oxygens (including phenoxy) is 1. The van der Waals surface area contributed by atoms with Crippen LogP contribution >= 0.6 is 11.3 Å². The van der Waals surface area contributed by atoms with Crippen molar-refractivity contribution in [2.24, 2.45) is 0 Å². The fourth-order valence-corrected chi connectivity index (χ4v) is 5.20. The average molecular weight is 469 g/mol. The number of rotatable bonds is 4. The predicted octanol–water partition coefficient (Wildman–Crippen LogP) is 4.57. The summed E-state index contributed by atoms with van der Waals surface area (Å²) in [4.78, 5) is 28.8. The Balaban J connectivity index is 1.73. The van der Waals surface area contributed by atoms with Crippen LogP contribution in [-0.4, -0.2) is 30.2 Å². The number of fused-ring (bicyclic) bond motifs is 1. The number of anilines is 1. The number of amides is 1. The van der Waals surface area contributed by atoms with Gasteiger partial charge < -0.3 is 18.9 Å². The summed E-state index contributed by atoms with van der Waals surface area (Å²) >= 11 is 1.56. The summed E-state index contributed by atoms with van der Waals surface area (Å²) in [6, 6.07) is 7.85. The number of hydrogen-bond acceptors (Lipinski definition) is 6. The van der Waals surface area contributed by atoms with E-state index in [1.165, 1.54) is 11.8 Å². The summed E-state index contributed by atoms with van der Waals surface area (Å²) in [6.45, 7) is 16.4. The minimum absolute atomic E-state index is 0.00270. The normalized spacial score (nSPS) is 19.2. The molecule has 33 heavy (non-hydrogen) atoms. The van der Waals surface area contributed by atoms with E-state index in [1.54, 1.807) is 16.2 Å². The minimum atomic E-state index is -0.625. The predicted molar refractivity (Wildman–Crippen MR) is 131 cm³/mol. The first-order valence-electron chi connectivity index (χ1n) is 11.3. The van der Waals surface area contributed by atoms with Gasteiger partial charge in [0, 0.05) is 17.4 Å². The highest BCUT2D eigenvalue weighted by Gasteiger charge is 2.52. The zero-order valence-corrected chi connectivity index (χ0v) is 21.5. The smallest absolute Gasteiger partial charge is 0.461 e. The lowest BCUT2D eigenvalue weighted by molar-refractivity contribution is -0.142. The van der Waals surface area contributed by atoms with E-state index in [9.17, 15) is 9.59 Å². The van der Waals surface area contributed by atoms with Gasteiger partial charge in [-0.3, -0.25) is 9.59 Å².